The number of nitrogens with two attached hydrogens (primary N) is 1. The number of hydrogen-bond acceptors (Lipinski definition) is 4. The molecule has 5 nitrogen and oxygen atoms in total. The van der Waals surface area contributed by atoms with Crippen LogP contribution in [-0.2, 0) is 0 Å². The topological polar surface area (TPSA) is 77.2 Å². The number of halogens is 1. The Hall–Kier alpha value is -2.63. The summed E-state index contributed by atoms with van der Waals surface area (Å²) in [6.07, 6.45) is 1.29. The zero-order chi connectivity index (χ0) is 14.7. The van der Waals surface area contributed by atoms with Crippen molar-refractivity contribution in [3.8, 4) is 5.75 Å². The van der Waals surface area contributed by atoms with Crippen molar-refractivity contribution in [3.63, 3.8) is 0 Å². The number of aromatic nitrogens is 1. The van der Waals surface area contributed by atoms with Crippen molar-refractivity contribution < 1.29 is 13.9 Å². The van der Waals surface area contributed by atoms with Crippen molar-refractivity contribution >= 4 is 17.4 Å². The summed E-state index contributed by atoms with van der Waals surface area (Å²) in [5, 5.41) is 2.63. The molecule has 2 rings (SSSR count). The lowest BCUT2D eigenvalue weighted by Gasteiger charge is -2.10. The molecule has 6 heteroatoms. The molecule has 0 radical (unpaired) electrons. The highest BCUT2D eigenvalue weighted by atomic mass is 19.1. The third-order valence-electron chi connectivity index (χ3n) is 2.84. The first-order valence-electron chi connectivity index (χ1n) is 5.89. The van der Waals surface area contributed by atoms with Gasteiger partial charge in [-0.05, 0) is 36.8 Å². The van der Waals surface area contributed by atoms with E-state index in [-0.39, 0.29) is 11.4 Å². The maximum atomic E-state index is 13.7. The standard InChI is InChI=1S/C14H14FN3O2/c1-8-7-9(20-2)3-4-11(8)18-14(19)10-5-6-17-13(16)12(10)15/h3-7H,1-2H3,(H2,16,17)(H,18,19). The minimum Gasteiger partial charge on any atom is -0.497 e. The monoisotopic (exact) mass is 275 g/mol. The molecule has 0 bridgehead atoms. The highest BCUT2D eigenvalue weighted by molar-refractivity contribution is 6.05. The summed E-state index contributed by atoms with van der Waals surface area (Å²) in [6.45, 7) is 1.81. The quantitative estimate of drug-likeness (QED) is 0.901. The average molecular weight is 275 g/mol. The molecule has 0 aliphatic carbocycles. The van der Waals surface area contributed by atoms with Crippen molar-refractivity contribution in [1.82, 2.24) is 4.98 Å². The third kappa shape index (κ3) is 2.69. The number of carbonyl (C=O) groups excluding carboxylic acids is 1. The van der Waals surface area contributed by atoms with E-state index in [1.807, 2.05) is 6.92 Å². The van der Waals surface area contributed by atoms with Crippen LogP contribution in [0.2, 0.25) is 0 Å². The van der Waals surface area contributed by atoms with Gasteiger partial charge in [-0.1, -0.05) is 0 Å². The van der Waals surface area contributed by atoms with Gasteiger partial charge < -0.3 is 15.8 Å². The molecular weight excluding hydrogens is 261 g/mol. The van der Waals surface area contributed by atoms with Crippen LogP contribution in [0.3, 0.4) is 0 Å². The number of anilines is 2. The summed E-state index contributed by atoms with van der Waals surface area (Å²) in [5.41, 5.74) is 6.57. The van der Waals surface area contributed by atoms with Gasteiger partial charge in [-0.25, -0.2) is 9.37 Å². The number of pyridine rings is 1. The van der Waals surface area contributed by atoms with Gasteiger partial charge in [-0.2, -0.15) is 0 Å². The average Bonchev–Trinajstić information content (AvgIpc) is 2.44. The van der Waals surface area contributed by atoms with E-state index in [0.717, 1.165) is 5.56 Å². The number of hydrogen-bond donors (Lipinski definition) is 2. The fraction of sp³-hybridized carbons (Fsp3) is 0.143. The minimum absolute atomic E-state index is 0.146. The van der Waals surface area contributed by atoms with Gasteiger partial charge in [0.05, 0.1) is 12.7 Å². The van der Waals surface area contributed by atoms with Crippen molar-refractivity contribution in [2.75, 3.05) is 18.2 Å². The van der Waals surface area contributed by atoms with Crippen LogP contribution in [0.15, 0.2) is 30.5 Å². The fourth-order valence-electron chi connectivity index (χ4n) is 1.73. The number of nitrogens with one attached hydrogen (secondary N) is 1. The third-order valence-corrected chi connectivity index (χ3v) is 2.84. The Bertz CT molecular complexity index is 659. The Labute approximate surface area is 115 Å². The predicted octanol–water partition coefficient (Wildman–Crippen LogP) is 2.37. The Morgan fingerprint density at radius 2 is 2.15 bits per heavy atom. The van der Waals surface area contributed by atoms with Gasteiger partial charge in [0.25, 0.3) is 5.91 Å². The predicted molar refractivity (Wildman–Crippen MR) is 74.3 cm³/mol. The van der Waals surface area contributed by atoms with Gasteiger partial charge in [0.1, 0.15) is 5.75 Å². The molecule has 1 amide bonds. The lowest BCUT2D eigenvalue weighted by molar-refractivity contribution is 0.102. The number of rotatable bonds is 3. The van der Waals surface area contributed by atoms with Crippen molar-refractivity contribution in [3.05, 3.63) is 47.4 Å². The number of carbonyl (C=O) groups is 1. The molecule has 1 aromatic carbocycles. The Morgan fingerprint density at radius 3 is 2.80 bits per heavy atom. The van der Waals surface area contributed by atoms with Gasteiger partial charge in [0.2, 0.25) is 0 Å². The van der Waals surface area contributed by atoms with Crippen molar-refractivity contribution in [2.45, 2.75) is 6.92 Å². The van der Waals surface area contributed by atoms with Crippen LogP contribution >= 0.6 is 0 Å². The first kappa shape index (κ1) is 13.8. The second-order valence-electron chi connectivity index (χ2n) is 4.19. The summed E-state index contributed by atoms with van der Waals surface area (Å²) in [6, 6.07) is 6.45. The van der Waals surface area contributed by atoms with E-state index in [9.17, 15) is 9.18 Å². The molecule has 0 saturated carbocycles. The number of ether oxygens (including phenoxy) is 1. The molecular formula is C14H14FN3O2. The number of aryl methyl sites for hydroxylation is 1. The van der Waals surface area contributed by atoms with E-state index < -0.39 is 11.7 Å². The maximum Gasteiger partial charge on any atom is 0.258 e. The summed E-state index contributed by atoms with van der Waals surface area (Å²) in [5.74, 6) is -1.02. The van der Waals surface area contributed by atoms with E-state index in [2.05, 4.69) is 10.3 Å². The lowest BCUT2D eigenvalue weighted by atomic mass is 10.1. The molecule has 104 valence electrons. The Morgan fingerprint density at radius 1 is 1.40 bits per heavy atom. The molecule has 0 atom stereocenters. The number of nitrogens with zero attached hydrogens (tertiary/aromatic N) is 1. The smallest absolute Gasteiger partial charge is 0.258 e. The van der Waals surface area contributed by atoms with Crippen LogP contribution in [0.25, 0.3) is 0 Å². The van der Waals surface area contributed by atoms with Crippen LogP contribution in [0.4, 0.5) is 15.9 Å². The van der Waals surface area contributed by atoms with Crippen LogP contribution in [-0.4, -0.2) is 18.0 Å². The molecule has 0 fully saturated rings. The largest absolute Gasteiger partial charge is 0.497 e. The summed E-state index contributed by atoms with van der Waals surface area (Å²) in [7, 11) is 1.56. The van der Waals surface area contributed by atoms with E-state index in [1.165, 1.54) is 12.3 Å². The van der Waals surface area contributed by atoms with Crippen LogP contribution < -0.4 is 15.8 Å². The molecule has 1 heterocycles. The Balaban J connectivity index is 2.26. The summed E-state index contributed by atoms with van der Waals surface area (Å²) < 4.78 is 18.8. The molecule has 3 N–H and O–H groups in total. The van der Waals surface area contributed by atoms with Crippen molar-refractivity contribution in [1.29, 1.82) is 0 Å². The van der Waals surface area contributed by atoms with Crippen molar-refractivity contribution in [2.24, 2.45) is 0 Å². The maximum absolute atomic E-state index is 13.7. The molecule has 0 aliphatic heterocycles. The summed E-state index contributed by atoms with van der Waals surface area (Å²) >= 11 is 0. The van der Waals surface area contributed by atoms with Crippen LogP contribution in [0.1, 0.15) is 15.9 Å². The Kier molecular flexibility index (Phi) is 3.84. The first-order valence-corrected chi connectivity index (χ1v) is 5.89. The van der Waals surface area contributed by atoms with Gasteiger partial charge in [0.15, 0.2) is 11.6 Å². The second-order valence-corrected chi connectivity index (χ2v) is 4.19. The fourth-order valence-corrected chi connectivity index (χ4v) is 1.73. The van der Waals surface area contributed by atoms with Gasteiger partial charge >= 0.3 is 0 Å². The molecule has 0 unspecified atom stereocenters. The number of nitrogen functional groups attached to an aromatic ring is 1. The highest BCUT2D eigenvalue weighted by Crippen LogP contribution is 2.22. The molecule has 0 spiro atoms. The SMILES string of the molecule is COc1ccc(NC(=O)c2ccnc(N)c2F)c(C)c1. The molecule has 20 heavy (non-hydrogen) atoms. The van der Waals surface area contributed by atoms with E-state index in [4.69, 9.17) is 10.5 Å². The minimum atomic E-state index is -0.823. The van der Waals surface area contributed by atoms with Gasteiger partial charge in [-0.3, -0.25) is 4.79 Å². The normalized spacial score (nSPS) is 10.2. The van der Waals surface area contributed by atoms with Gasteiger partial charge in [-0.15, -0.1) is 0 Å². The van der Waals surface area contributed by atoms with Gasteiger partial charge in [0, 0.05) is 11.9 Å². The molecule has 0 saturated heterocycles. The first-order chi connectivity index (χ1) is 9.52. The zero-order valence-electron chi connectivity index (χ0n) is 11.1. The number of amides is 1. The molecule has 2 aromatic rings. The molecule has 0 aliphatic rings. The van der Waals surface area contributed by atoms with E-state index in [0.29, 0.717) is 11.4 Å². The van der Waals surface area contributed by atoms with Crippen LogP contribution in [0.5, 0.6) is 5.75 Å². The van der Waals surface area contributed by atoms with E-state index >= 15 is 0 Å². The van der Waals surface area contributed by atoms with Crippen LogP contribution in [0, 0.1) is 12.7 Å². The highest BCUT2D eigenvalue weighted by Gasteiger charge is 2.15. The number of benzene rings is 1. The van der Waals surface area contributed by atoms with E-state index in [1.54, 1.807) is 25.3 Å². The lowest BCUT2D eigenvalue weighted by Crippen LogP contribution is -2.15. The molecule has 1 aromatic heterocycles. The zero-order valence-corrected chi connectivity index (χ0v) is 11.1. The second kappa shape index (κ2) is 5.56. The summed E-state index contributed by atoms with van der Waals surface area (Å²) in [4.78, 5) is 15.6. The number of methoxy groups -OCH3 is 1.